The minimum absolute atomic E-state index is 0.327. The summed E-state index contributed by atoms with van der Waals surface area (Å²) in [5.74, 6) is -0.907. The molecule has 2 N–H and O–H groups in total. The fourth-order valence-electron chi connectivity index (χ4n) is 2.11. The maximum atomic E-state index is 12.0. The van der Waals surface area contributed by atoms with Crippen LogP contribution in [-0.4, -0.2) is 25.5 Å². The van der Waals surface area contributed by atoms with Crippen LogP contribution in [0.2, 0.25) is 0 Å². The smallest absolute Gasteiger partial charge is 0.340 e. The van der Waals surface area contributed by atoms with Gasteiger partial charge >= 0.3 is 5.97 Å². The number of aryl methyl sites for hydroxylation is 1. The first-order chi connectivity index (χ1) is 11.1. The molecule has 1 amide bonds. The Bertz CT molecular complexity index is 681. The molecule has 5 nitrogen and oxygen atoms in total. The Balaban J connectivity index is 1.89. The maximum absolute atomic E-state index is 12.0. The normalized spacial score (nSPS) is 10.0. The third-order valence-corrected chi connectivity index (χ3v) is 3.40. The molecule has 0 aliphatic heterocycles. The topological polar surface area (TPSA) is 67.4 Å². The van der Waals surface area contributed by atoms with E-state index in [0.29, 0.717) is 16.9 Å². The van der Waals surface area contributed by atoms with Crippen LogP contribution in [-0.2, 0) is 16.0 Å². The minimum Gasteiger partial charge on any atom is -0.452 e. The SMILES string of the molecule is CCc1ccc(NC(=O)COC(=O)c2ccccc2NC)cc1. The lowest BCUT2D eigenvalue weighted by molar-refractivity contribution is -0.119. The van der Waals surface area contributed by atoms with Crippen molar-refractivity contribution < 1.29 is 14.3 Å². The van der Waals surface area contributed by atoms with Gasteiger partial charge in [0.15, 0.2) is 6.61 Å². The van der Waals surface area contributed by atoms with Crippen LogP contribution in [0.15, 0.2) is 48.5 Å². The second kappa shape index (κ2) is 7.98. The molecule has 23 heavy (non-hydrogen) atoms. The van der Waals surface area contributed by atoms with Gasteiger partial charge in [-0.15, -0.1) is 0 Å². The summed E-state index contributed by atoms with van der Waals surface area (Å²) in [5.41, 5.74) is 2.93. The number of amides is 1. The average molecular weight is 312 g/mol. The molecule has 0 fully saturated rings. The summed E-state index contributed by atoms with van der Waals surface area (Å²) in [6, 6.07) is 14.5. The zero-order chi connectivity index (χ0) is 16.7. The molecular weight excluding hydrogens is 292 g/mol. The van der Waals surface area contributed by atoms with Crippen molar-refractivity contribution in [1.82, 2.24) is 0 Å². The fraction of sp³-hybridized carbons (Fsp3) is 0.222. The van der Waals surface area contributed by atoms with Crippen molar-refractivity contribution in [2.24, 2.45) is 0 Å². The van der Waals surface area contributed by atoms with E-state index in [0.717, 1.165) is 6.42 Å². The molecule has 0 aliphatic carbocycles. The standard InChI is InChI=1S/C18H20N2O3/c1-3-13-8-10-14(11-9-13)20-17(21)12-23-18(22)15-6-4-5-7-16(15)19-2/h4-11,19H,3,12H2,1-2H3,(H,20,21). The second-order valence-corrected chi connectivity index (χ2v) is 4.97. The van der Waals surface area contributed by atoms with Crippen molar-refractivity contribution in [2.75, 3.05) is 24.3 Å². The first kappa shape index (κ1) is 16.5. The quantitative estimate of drug-likeness (QED) is 0.804. The number of benzene rings is 2. The van der Waals surface area contributed by atoms with E-state index in [-0.39, 0.29) is 12.5 Å². The number of rotatable bonds is 6. The largest absolute Gasteiger partial charge is 0.452 e. The van der Waals surface area contributed by atoms with E-state index in [1.54, 1.807) is 25.2 Å². The lowest BCUT2D eigenvalue weighted by Crippen LogP contribution is -2.21. The van der Waals surface area contributed by atoms with Crippen LogP contribution in [0, 0.1) is 0 Å². The number of nitrogens with one attached hydrogen (secondary N) is 2. The molecule has 0 aromatic heterocycles. The van der Waals surface area contributed by atoms with Crippen molar-refractivity contribution >= 4 is 23.3 Å². The zero-order valence-corrected chi connectivity index (χ0v) is 13.3. The highest BCUT2D eigenvalue weighted by Crippen LogP contribution is 2.15. The number of carbonyl (C=O) groups is 2. The van der Waals surface area contributed by atoms with Gasteiger partial charge in [-0.1, -0.05) is 31.2 Å². The molecule has 0 radical (unpaired) electrons. The highest BCUT2D eigenvalue weighted by Gasteiger charge is 2.13. The van der Waals surface area contributed by atoms with Gasteiger partial charge < -0.3 is 15.4 Å². The van der Waals surface area contributed by atoms with Crippen LogP contribution in [0.5, 0.6) is 0 Å². The van der Waals surface area contributed by atoms with Gasteiger partial charge in [-0.05, 0) is 36.2 Å². The molecule has 2 aromatic carbocycles. The van der Waals surface area contributed by atoms with Crippen LogP contribution >= 0.6 is 0 Å². The minimum atomic E-state index is -0.536. The van der Waals surface area contributed by atoms with Gasteiger partial charge in [0, 0.05) is 18.4 Å². The Morgan fingerprint density at radius 2 is 1.74 bits per heavy atom. The molecule has 0 atom stereocenters. The molecule has 0 aliphatic rings. The van der Waals surface area contributed by atoms with Gasteiger partial charge in [0.2, 0.25) is 0 Å². The number of carbonyl (C=O) groups excluding carboxylic acids is 2. The van der Waals surface area contributed by atoms with E-state index in [2.05, 4.69) is 17.6 Å². The average Bonchev–Trinajstić information content (AvgIpc) is 2.60. The summed E-state index contributed by atoms with van der Waals surface area (Å²) in [7, 11) is 1.72. The van der Waals surface area contributed by atoms with Gasteiger partial charge in [-0.25, -0.2) is 4.79 Å². The molecule has 2 aromatic rings. The number of ether oxygens (including phenoxy) is 1. The van der Waals surface area contributed by atoms with E-state index in [4.69, 9.17) is 4.74 Å². The van der Waals surface area contributed by atoms with Crippen molar-refractivity contribution in [3.63, 3.8) is 0 Å². The molecule has 120 valence electrons. The summed E-state index contributed by atoms with van der Waals surface area (Å²) in [5, 5.41) is 5.61. The van der Waals surface area contributed by atoms with Gasteiger partial charge in [0.25, 0.3) is 5.91 Å². The lowest BCUT2D eigenvalue weighted by atomic mass is 10.1. The Morgan fingerprint density at radius 3 is 2.39 bits per heavy atom. The molecular formula is C18H20N2O3. The molecule has 0 heterocycles. The number of para-hydroxylation sites is 1. The lowest BCUT2D eigenvalue weighted by Gasteiger charge is -2.09. The zero-order valence-electron chi connectivity index (χ0n) is 13.3. The highest BCUT2D eigenvalue weighted by molar-refractivity contribution is 5.98. The van der Waals surface area contributed by atoms with E-state index in [1.165, 1.54) is 5.56 Å². The van der Waals surface area contributed by atoms with Crippen molar-refractivity contribution in [3.8, 4) is 0 Å². The Morgan fingerprint density at radius 1 is 1.04 bits per heavy atom. The summed E-state index contributed by atoms with van der Waals surface area (Å²) in [6.07, 6.45) is 0.941. The molecule has 0 spiro atoms. The van der Waals surface area contributed by atoms with Crippen LogP contribution < -0.4 is 10.6 Å². The van der Waals surface area contributed by atoms with Gasteiger partial charge in [0.1, 0.15) is 0 Å². The molecule has 0 bridgehead atoms. The van der Waals surface area contributed by atoms with Crippen LogP contribution in [0.4, 0.5) is 11.4 Å². The summed E-state index contributed by atoms with van der Waals surface area (Å²) >= 11 is 0. The Labute approximate surface area is 135 Å². The Hall–Kier alpha value is -2.82. The number of anilines is 2. The highest BCUT2D eigenvalue weighted by atomic mass is 16.5. The summed E-state index contributed by atoms with van der Waals surface area (Å²) in [6.45, 7) is 1.74. The molecule has 2 rings (SSSR count). The Kier molecular flexibility index (Phi) is 5.74. The van der Waals surface area contributed by atoms with Crippen LogP contribution in [0.1, 0.15) is 22.8 Å². The van der Waals surface area contributed by atoms with Gasteiger partial charge in [0.05, 0.1) is 5.56 Å². The van der Waals surface area contributed by atoms with E-state index in [1.807, 2.05) is 30.3 Å². The molecule has 0 saturated carbocycles. The van der Waals surface area contributed by atoms with E-state index < -0.39 is 5.97 Å². The van der Waals surface area contributed by atoms with Crippen LogP contribution in [0.25, 0.3) is 0 Å². The van der Waals surface area contributed by atoms with Crippen LogP contribution in [0.3, 0.4) is 0 Å². The van der Waals surface area contributed by atoms with Crippen molar-refractivity contribution in [3.05, 3.63) is 59.7 Å². The third kappa shape index (κ3) is 4.57. The first-order valence-corrected chi connectivity index (χ1v) is 7.46. The molecule has 5 heteroatoms. The molecule has 0 saturated heterocycles. The van der Waals surface area contributed by atoms with Gasteiger partial charge in [-0.3, -0.25) is 4.79 Å². The van der Waals surface area contributed by atoms with E-state index in [9.17, 15) is 9.59 Å². The maximum Gasteiger partial charge on any atom is 0.340 e. The van der Waals surface area contributed by atoms with E-state index >= 15 is 0 Å². The van der Waals surface area contributed by atoms with Gasteiger partial charge in [-0.2, -0.15) is 0 Å². The fourth-order valence-corrected chi connectivity index (χ4v) is 2.11. The monoisotopic (exact) mass is 312 g/mol. The number of hydrogen-bond donors (Lipinski definition) is 2. The molecule has 0 unspecified atom stereocenters. The van der Waals surface area contributed by atoms with Crippen molar-refractivity contribution in [2.45, 2.75) is 13.3 Å². The summed E-state index contributed by atoms with van der Waals surface area (Å²) in [4.78, 5) is 23.9. The second-order valence-electron chi connectivity index (χ2n) is 4.97. The number of esters is 1. The first-order valence-electron chi connectivity index (χ1n) is 7.46. The third-order valence-electron chi connectivity index (χ3n) is 3.40. The summed E-state index contributed by atoms with van der Waals surface area (Å²) < 4.78 is 5.06. The predicted molar refractivity (Wildman–Crippen MR) is 90.7 cm³/mol. The van der Waals surface area contributed by atoms with Crippen molar-refractivity contribution in [1.29, 1.82) is 0 Å². The predicted octanol–water partition coefficient (Wildman–Crippen LogP) is 3.09. The number of hydrogen-bond acceptors (Lipinski definition) is 4.